The fourth-order valence-corrected chi connectivity index (χ4v) is 7.84. The quantitative estimate of drug-likeness (QED) is 0.766. The molecule has 0 aromatic carbocycles. The summed E-state index contributed by atoms with van der Waals surface area (Å²) in [6.45, 7) is 7.39. The van der Waals surface area contributed by atoms with Crippen LogP contribution in [0.4, 0.5) is 0 Å². The number of hydrogen-bond acceptors (Lipinski definition) is 2. The highest BCUT2D eigenvalue weighted by molar-refractivity contribution is 6.83. The van der Waals surface area contributed by atoms with Gasteiger partial charge in [0.2, 0.25) is 0 Å². The molecule has 2 nitrogen and oxygen atoms in total. The average molecular weight is 267 g/mol. The zero-order chi connectivity index (χ0) is 13.2. The van der Waals surface area contributed by atoms with E-state index in [-0.39, 0.29) is 6.61 Å². The number of unbranched alkanes of at least 4 members (excludes halogenated alkanes) is 1. The van der Waals surface area contributed by atoms with Crippen molar-refractivity contribution in [3.63, 3.8) is 0 Å². The van der Waals surface area contributed by atoms with Gasteiger partial charge >= 0.3 is 0 Å². The van der Waals surface area contributed by atoms with Crippen LogP contribution < -0.4 is 4.98 Å². The summed E-state index contributed by atoms with van der Waals surface area (Å²) in [6, 6.07) is 0.721. The molecule has 104 valence electrons. The highest BCUT2D eigenvalue weighted by Crippen LogP contribution is 2.42. The monoisotopic (exact) mass is 267 g/mol. The van der Waals surface area contributed by atoms with E-state index >= 15 is 0 Å². The fraction of sp³-hybridized carbons (Fsp3) is 0.867. The number of hydrogen-bond donors (Lipinski definition) is 2. The van der Waals surface area contributed by atoms with Gasteiger partial charge in [-0.3, -0.25) is 0 Å². The molecule has 1 saturated heterocycles. The predicted octanol–water partition coefficient (Wildman–Crippen LogP) is 3.37. The van der Waals surface area contributed by atoms with Gasteiger partial charge in [0.1, 0.15) is 8.24 Å². The lowest BCUT2D eigenvalue weighted by Crippen LogP contribution is -2.44. The Balaban J connectivity index is 2.28. The summed E-state index contributed by atoms with van der Waals surface area (Å²) >= 11 is 0. The first-order chi connectivity index (χ1) is 8.60. The zero-order valence-corrected chi connectivity index (χ0v) is 13.3. The molecule has 0 radical (unpaired) electrons. The van der Waals surface area contributed by atoms with Crippen molar-refractivity contribution in [2.45, 2.75) is 71.0 Å². The average Bonchev–Trinajstić information content (AvgIpc) is 2.61. The van der Waals surface area contributed by atoms with Gasteiger partial charge in [-0.1, -0.05) is 44.5 Å². The molecule has 0 spiro atoms. The fourth-order valence-electron chi connectivity index (χ4n) is 4.05. The van der Waals surface area contributed by atoms with Gasteiger partial charge in [0.25, 0.3) is 0 Å². The molecule has 2 fully saturated rings. The van der Waals surface area contributed by atoms with Crippen LogP contribution in [0.2, 0.25) is 13.1 Å². The Morgan fingerprint density at radius 3 is 2.72 bits per heavy atom. The molecule has 0 bridgehead atoms. The maximum atomic E-state index is 9.77. The van der Waals surface area contributed by atoms with E-state index in [1.165, 1.54) is 44.1 Å². The maximum Gasteiger partial charge on any atom is 0.148 e. The lowest BCUT2D eigenvalue weighted by atomic mass is 9.83. The van der Waals surface area contributed by atoms with Crippen molar-refractivity contribution in [3.05, 3.63) is 10.8 Å². The summed E-state index contributed by atoms with van der Waals surface area (Å²) in [5, 5.41) is 11.5. The van der Waals surface area contributed by atoms with E-state index < -0.39 is 8.24 Å². The van der Waals surface area contributed by atoms with Crippen molar-refractivity contribution in [1.29, 1.82) is 0 Å². The van der Waals surface area contributed by atoms with Gasteiger partial charge in [-0.2, -0.15) is 0 Å². The molecule has 2 N–H and O–H groups in total. The number of aliphatic hydroxyl groups is 1. The van der Waals surface area contributed by atoms with Crippen molar-refractivity contribution in [2.24, 2.45) is 5.92 Å². The number of rotatable bonds is 4. The van der Waals surface area contributed by atoms with Gasteiger partial charge in [0.05, 0.1) is 6.61 Å². The van der Waals surface area contributed by atoms with Crippen molar-refractivity contribution < 1.29 is 5.11 Å². The molecular weight excluding hydrogens is 238 g/mol. The van der Waals surface area contributed by atoms with E-state index in [2.05, 4.69) is 25.0 Å². The predicted molar refractivity (Wildman–Crippen MR) is 80.0 cm³/mol. The van der Waals surface area contributed by atoms with Crippen molar-refractivity contribution in [3.8, 4) is 0 Å². The lowest BCUT2D eigenvalue weighted by molar-refractivity contribution is 0.316. The third kappa shape index (κ3) is 2.73. The molecule has 0 aromatic heterocycles. The molecule has 3 heteroatoms. The minimum absolute atomic E-state index is 0.288. The second kappa shape index (κ2) is 5.89. The molecule has 0 unspecified atom stereocenters. The molecule has 1 heterocycles. The molecular formula is C15H29NOSi. The van der Waals surface area contributed by atoms with E-state index in [4.69, 9.17) is 0 Å². The first-order valence-corrected chi connectivity index (χ1v) is 10.7. The maximum absolute atomic E-state index is 9.77. The molecule has 1 aliphatic heterocycles. The highest BCUT2D eigenvalue weighted by atomic mass is 28.3. The summed E-state index contributed by atoms with van der Waals surface area (Å²) < 4.78 is 0. The molecule has 1 aliphatic carbocycles. The Bertz CT molecular complexity index is 324. The SMILES string of the molecule is CCCC/C(CO)=C1\[C@H]2CCCC[C@H]2N[Si]1(C)C. The lowest BCUT2D eigenvalue weighted by Gasteiger charge is -2.27. The summed E-state index contributed by atoms with van der Waals surface area (Å²) in [5.74, 6) is 0.749. The zero-order valence-electron chi connectivity index (χ0n) is 12.3. The van der Waals surface area contributed by atoms with Gasteiger partial charge in [-0.05, 0) is 37.2 Å². The first-order valence-electron chi connectivity index (χ1n) is 7.71. The summed E-state index contributed by atoms with van der Waals surface area (Å²) in [4.78, 5) is 3.94. The Morgan fingerprint density at radius 1 is 1.33 bits per heavy atom. The van der Waals surface area contributed by atoms with Gasteiger partial charge in [-0.25, -0.2) is 0 Å². The van der Waals surface area contributed by atoms with Crippen LogP contribution in [-0.4, -0.2) is 26.0 Å². The smallest absolute Gasteiger partial charge is 0.148 e. The molecule has 2 aliphatic rings. The molecule has 0 amide bonds. The van der Waals surface area contributed by atoms with E-state index in [0.717, 1.165) is 18.4 Å². The van der Waals surface area contributed by atoms with Crippen LogP contribution in [0, 0.1) is 5.92 Å². The van der Waals surface area contributed by atoms with Crippen molar-refractivity contribution in [1.82, 2.24) is 4.98 Å². The number of nitrogens with one attached hydrogen (secondary N) is 1. The van der Waals surface area contributed by atoms with Crippen LogP contribution in [0.15, 0.2) is 10.8 Å². The van der Waals surface area contributed by atoms with Crippen LogP contribution >= 0.6 is 0 Å². The topological polar surface area (TPSA) is 32.3 Å². The summed E-state index contributed by atoms with van der Waals surface area (Å²) in [5.41, 5.74) is 1.38. The minimum Gasteiger partial charge on any atom is -0.392 e. The third-order valence-corrected chi connectivity index (χ3v) is 7.92. The van der Waals surface area contributed by atoms with Crippen LogP contribution in [0.5, 0.6) is 0 Å². The Hall–Kier alpha value is -0.123. The third-order valence-electron chi connectivity index (χ3n) is 4.76. The molecule has 2 atom stereocenters. The van der Waals surface area contributed by atoms with Crippen LogP contribution in [0.25, 0.3) is 0 Å². The highest BCUT2D eigenvalue weighted by Gasteiger charge is 2.46. The Kier molecular flexibility index (Phi) is 4.68. The minimum atomic E-state index is -1.46. The van der Waals surface area contributed by atoms with Gasteiger partial charge in [-0.15, -0.1) is 0 Å². The van der Waals surface area contributed by atoms with Crippen molar-refractivity contribution in [2.75, 3.05) is 6.61 Å². The van der Waals surface area contributed by atoms with Crippen LogP contribution in [0.1, 0.15) is 51.9 Å². The number of aliphatic hydroxyl groups excluding tert-OH is 1. The van der Waals surface area contributed by atoms with Gasteiger partial charge in [0, 0.05) is 6.04 Å². The van der Waals surface area contributed by atoms with Crippen LogP contribution in [0.3, 0.4) is 0 Å². The second-order valence-corrected chi connectivity index (χ2v) is 10.6. The summed E-state index contributed by atoms with van der Waals surface area (Å²) in [6.07, 6.45) is 9.01. The standard InChI is InChI=1S/C15H29NOSi/c1-4-5-8-12(11-17)15-13-9-6-7-10-14(13)16-18(15,2)3/h13-14,16-17H,4-11H2,1-3H3/b15-12-/t13-,14+/m0/s1. The van der Waals surface area contributed by atoms with Gasteiger partial charge < -0.3 is 10.1 Å². The molecule has 2 rings (SSSR count). The Labute approximate surface area is 113 Å². The Morgan fingerprint density at radius 2 is 2.06 bits per heavy atom. The summed E-state index contributed by atoms with van der Waals surface area (Å²) in [7, 11) is -1.46. The van der Waals surface area contributed by atoms with Gasteiger partial charge in [0.15, 0.2) is 0 Å². The van der Waals surface area contributed by atoms with Crippen LogP contribution in [-0.2, 0) is 0 Å². The second-order valence-electron chi connectivity index (χ2n) is 6.55. The van der Waals surface area contributed by atoms with Crippen molar-refractivity contribution >= 4 is 8.24 Å². The van der Waals surface area contributed by atoms with E-state index in [9.17, 15) is 5.11 Å². The first kappa shape index (κ1) is 14.3. The molecule has 18 heavy (non-hydrogen) atoms. The normalized spacial score (nSPS) is 33.3. The largest absolute Gasteiger partial charge is 0.392 e. The molecule has 1 saturated carbocycles. The number of fused-ring (bicyclic) bond motifs is 1. The van der Waals surface area contributed by atoms with E-state index in [0.29, 0.717) is 0 Å². The van der Waals surface area contributed by atoms with E-state index in [1.54, 1.807) is 5.20 Å². The molecule has 0 aromatic rings. The van der Waals surface area contributed by atoms with E-state index in [1.807, 2.05) is 0 Å².